The van der Waals surface area contributed by atoms with Gasteiger partial charge >= 0.3 is 6.03 Å². The monoisotopic (exact) mass is 350 g/mol. The molecule has 1 atom stereocenters. The lowest BCUT2D eigenvalue weighted by Crippen LogP contribution is -2.40. The van der Waals surface area contributed by atoms with Gasteiger partial charge in [0.1, 0.15) is 0 Å². The van der Waals surface area contributed by atoms with Crippen LogP contribution in [0.4, 0.5) is 10.5 Å². The van der Waals surface area contributed by atoms with E-state index in [0.717, 1.165) is 11.0 Å². The molecule has 0 aromatic heterocycles. The fourth-order valence-electron chi connectivity index (χ4n) is 2.34. The molecule has 0 saturated heterocycles. The van der Waals surface area contributed by atoms with E-state index < -0.39 is 28.9 Å². The lowest BCUT2D eigenvalue weighted by molar-refractivity contribution is -0.384. The Labute approximate surface area is 143 Å². The summed E-state index contributed by atoms with van der Waals surface area (Å²) < 4.78 is 0. The summed E-state index contributed by atoms with van der Waals surface area (Å²) in [5, 5.41) is 24.8. The predicted octanol–water partition coefficient (Wildman–Crippen LogP) is 0.261. The minimum Gasteiger partial charge on any atom is -0.392 e. The molecule has 1 heterocycles. The summed E-state index contributed by atoms with van der Waals surface area (Å²) in [5.74, 6) is -1.09. The molecule has 2 rings (SSSR count). The Morgan fingerprint density at radius 2 is 1.96 bits per heavy atom. The van der Waals surface area contributed by atoms with Gasteiger partial charge in [0.25, 0.3) is 17.5 Å². The fourth-order valence-corrected chi connectivity index (χ4v) is 2.34. The molecule has 3 N–H and O–H groups in total. The molecule has 1 aliphatic rings. The highest BCUT2D eigenvalue weighted by atomic mass is 16.6. The summed E-state index contributed by atoms with van der Waals surface area (Å²) in [6, 6.07) is 3.09. The highest BCUT2D eigenvalue weighted by Gasteiger charge is 2.36. The van der Waals surface area contributed by atoms with E-state index in [2.05, 4.69) is 10.6 Å². The molecule has 0 spiro atoms. The molecule has 1 aliphatic heterocycles. The first-order valence-corrected chi connectivity index (χ1v) is 7.65. The first-order chi connectivity index (χ1) is 11.8. The van der Waals surface area contributed by atoms with Gasteiger partial charge in [0.2, 0.25) is 0 Å². The molecular formula is C15H18N4O6. The molecule has 1 unspecified atom stereocenters. The summed E-state index contributed by atoms with van der Waals surface area (Å²) in [6.07, 6.45) is -0.330. The van der Waals surface area contributed by atoms with Gasteiger partial charge in [-0.05, 0) is 19.4 Å². The van der Waals surface area contributed by atoms with Crippen LogP contribution in [0.15, 0.2) is 18.2 Å². The second kappa shape index (κ2) is 7.71. The van der Waals surface area contributed by atoms with Gasteiger partial charge in [0.15, 0.2) is 0 Å². The highest BCUT2D eigenvalue weighted by molar-refractivity contribution is 6.21. The van der Waals surface area contributed by atoms with E-state index in [1.807, 2.05) is 0 Å². The van der Waals surface area contributed by atoms with Crippen LogP contribution >= 0.6 is 0 Å². The second-order valence-corrected chi connectivity index (χ2v) is 5.59. The number of hydrogen-bond donors (Lipinski definition) is 3. The number of imide groups is 1. The number of aliphatic hydroxyl groups excluding tert-OH is 1. The maximum atomic E-state index is 12.2. The number of rotatable bonds is 7. The standard InChI is InChI=1S/C15H18N4O6/c1-9(20)8-17-15(23)16-5-2-6-18-13(21)11-4-3-10(19(24)25)7-12(11)14(18)22/h3-4,7,9,20H,2,5-6,8H2,1H3,(H2,16,17,23). The SMILES string of the molecule is CC(O)CNC(=O)NCCCN1C(=O)c2ccc([N+](=O)[O-])cc2C1=O. The average molecular weight is 350 g/mol. The summed E-state index contributed by atoms with van der Waals surface area (Å²) in [5.41, 5.74) is -0.0988. The molecule has 0 saturated carbocycles. The molecule has 0 radical (unpaired) electrons. The van der Waals surface area contributed by atoms with Crippen LogP contribution in [-0.4, -0.2) is 58.5 Å². The van der Waals surface area contributed by atoms with Crippen molar-refractivity contribution in [2.75, 3.05) is 19.6 Å². The van der Waals surface area contributed by atoms with Gasteiger partial charge in [-0.25, -0.2) is 4.79 Å². The van der Waals surface area contributed by atoms with Gasteiger partial charge in [-0.2, -0.15) is 0 Å². The Kier molecular flexibility index (Phi) is 5.65. The van der Waals surface area contributed by atoms with Crippen LogP contribution in [0, 0.1) is 10.1 Å². The largest absolute Gasteiger partial charge is 0.392 e. The van der Waals surface area contributed by atoms with E-state index in [0.29, 0.717) is 6.42 Å². The van der Waals surface area contributed by atoms with E-state index in [4.69, 9.17) is 5.11 Å². The minimum absolute atomic E-state index is 0.0156. The van der Waals surface area contributed by atoms with Crippen molar-refractivity contribution in [1.82, 2.24) is 15.5 Å². The van der Waals surface area contributed by atoms with Crippen molar-refractivity contribution in [1.29, 1.82) is 0 Å². The van der Waals surface area contributed by atoms with Crippen LogP contribution in [0.2, 0.25) is 0 Å². The van der Waals surface area contributed by atoms with Gasteiger partial charge in [-0.3, -0.25) is 24.6 Å². The zero-order valence-corrected chi connectivity index (χ0v) is 13.5. The third kappa shape index (κ3) is 4.29. The first-order valence-electron chi connectivity index (χ1n) is 7.65. The van der Waals surface area contributed by atoms with Crippen LogP contribution in [0.1, 0.15) is 34.1 Å². The molecule has 0 aliphatic carbocycles. The smallest absolute Gasteiger partial charge is 0.314 e. The number of urea groups is 1. The summed E-state index contributed by atoms with van der Waals surface area (Å²) >= 11 is 0. The van der Waals surface area contributed by atoms with Gasteiger partial charge < -0.3 is 15.7 Å². The van der Waals surface area contributed by atoms with E-state index in [1.165, 1.54) is 19.1 Å². The van der Waals surface area contributed by atoms with Crippen LogP contribution in [0.25, 0.3) is 0 Å². The Balaban J connectivity index is 1.88. The number of nitrogens with one attached hydrogen (secondary N) is 2. The third-order valence-electron chi connectivity index (χ3n) is 3.57. The van der Waals surface area contributed by atoms with Crippen LogP contribution in [-0.2, 0) is 0 Å². The highest BCUT2D eigenvalue weighted by Crippen LogP contribution is 2.26. The number of non-ortho nitro benzene ring substituents is 1. The van der Waals surface area contributed by atoms with E-state index in [1.54, 1.807) is 0 Å². The molecular weight excluding hydrogens is 332 g/mol. The number of hydrogen-bond acceptors (Lipinski definition) is 6. The quantitative estimate of drug-likeness (QED) is 0.279. The molecule has 134 valence electrons. The zero-order chi connectivity index (χ0) is 18.6. The van der Waals surface area contributed by atoms with Crippen LogP contribution < -0.4 is 10.6 Å². The number of aliphatic hydroxyl groups is 1. The normalized spacial score (nSPS) is 14.2. The Morgan fingerprint density at radius 3 is 2.60 bits per heavy atom. The van der Waals surface area contributed by atoms with Crippen molar-refractivity contribution >= 4 is 23.5 Å². The van der Waals surface area contributed by atoms with E-state index in [-0.39, 0.29) is 36.4 Å². The van der Waals surface area contributed by atoms with Crippen molar-refractivity contribution < 1.29 is 24.4 Å². The van der Waals surface area contributed by atoms with Crippen LogP contribution in [0.3, 0.4) is 0 Å². The summed E-state index contributed by atoms with van der Waals surface area (Å²) in [7, 11) is 0. The number of carbonyl (C=O) groups is 3. The van der Waals surface area contributed by atoms with E-state index in [9.17, 15) is 24.5 Å². The predicted molar refractivity (Wildman–Crippen MR) is 86.2 cm³/mol. The fraction of sp³-hybridized carbons (Fsp3) is 0.400. The molecule has 4 amide bonds. The first kappa shape index (κ1) is 18.3. The number of benzene rings is 1. The maximum absolute atomic E-state index is 12.2. The molecule has 0 fully saturated rings. The van der Waals surface area contributed by atoms with Crippen LogP contribution in [0.5, 0.6) is 0 Å². The Morgan fingerprint density at radius 1 is 1.28 bits per heavy atom. The van der Waals surface area contributed by atoms with Crippen molar-refractivity contribution in [3.8, 4) is 0 Å². The molecule has 10 nitrogen and oxygen atoms in total. The lowest BCUT2D eigenvalue weighted by Gasteiger charge is -2.14. The minimum atomic E-state index is -0.659. The summed E-state index contributed by atoms with van der Waals surface area (Å²) in [4.78, 5) is 47.0. The van der Waals surface area contributed by atoms with E-state index >= 15 is 0 Å². The number of fused-ring (bicyclic) bond motifs is 1. The second-order valence-electron chi connectivity index (χ2n) is 5.59. The summed E-state index contributed by atoms with van der Waals surface area (Å²) in [6.45, 7) is 1.95. The van der Waals surface area contributed by atoms with Gasteiger partial charge in [0.05, 0.1) is 22.2 Å². The number of carbonyl (C=O) groups excluding carboxylic acids is 3. The van der Waals surface area contributed by atoms with Gasteiger partial charge in [0, 0.05) is 31.8 Å². The van der Waals surface area contributed by atoms with Crippen molar-refractivity contribution in [2.24, 2.45) is 0 Å². The molecule has 25 heavy (non-hydrogen) atoms. The number of nitro benzene ring substituents is 1. The number of nitrogens with zero attached hydrogens (tertiary/aromatic N) is 2. The molecule has 10 heteroatoms. The zero-order valence-electron chi connectivity index (χ0n) is 13.5. The van der Waals surface area contributed by atoms with Gasteiger partial charge in [-0.15, -0.1) is 0 Å². The maximum Gasteiger partial charge on any atom is 0.314 e. The average Bonchev–Trinajstić information content (AvgIpc) is 2.80. The lowest BCUT2D eigenvalue weighted by atomic mass is 10.1. The van der Waals surface area contributed by atoms with Crippen molar-refractivity contribution in [2.45, 2.75) is 19.4 Å². The molecule has 1 aromatic rings. The third-order valence-corrected chi connectivity index (χ3v) is 3.57. The number of nitro groups is 1. The number of amides is 4. The topological polar surface area (TPSA) is 142 Å². The van der Waals surface area contributed by atoms with Crippen molar-refractivity contribution in [3.63, 3.8) is 0 Å². The Bertz CT molecular complexity index is 718. The Hall–Kier alpha value is -3.01. The van der Waals surface area contributed by atoms with Gasteiger partial charge in [-0.1, -0.05) is 0 Å². The molecule has 1 aromatic carbocycles. The van der Waals surface area contributed by atoms with Crippen molar-refractivity contribution in [3.05, 3.63) is 39.4 Å². The molecule has 0 bridgehead atoms.